The normalized spacial score (nSPS) is 16.0. The number of hydrogen-bond donors (Lipinski definition) is 2. The number of benzene rings is 2. The van der Waals surface area contributed by atoms with Crippen LogP contribution in [0.4, 0.5) is 8.78 Å². The summed E-state index contributed by atoms with van der Waals surface area (Å²) in [6, 6.07) is 6.47. The molecule has 7 nitrogen and oxygen atoms in total. The van der Waals surface area contributed by atoms with E-state index in [2.05, 4.69) is 15.2 Å². The van der Waals surface area contributed by atoms with E-state index >= 15 is 0 Å². The summed E-state index contributed by atoms with van der Waals surface area (Å²) in [4.78, 5) is 29.7. The molecule has 1 aliphatic heterocycles. The summed E-state index contributed by atoms with van der Waals surface area (Å²) >= 11 is 0. The molecule has 0 fully saturated rings. The minimum Gasteiger partial charge on any atom is -0.373 e. The topological polar surface area (TPSA) is 91.1 Å². The van der Waals surface area contributed by atoms with Crippen LogP contribution in [-0.4, -0.2) is 39.6 Å². The number of likely N-dealkylation sites (N-methyl/N-ethyl adjacent to an activating group) is 1. The first-order chi connectivity index (χ1) is 14.4. The van der Waals surface area contributed by atoms with E-state index in [1.54, 1.807) is 31.4 Å². The maximum atomic E-state index is 14.0. The van der Waals surface area contributed by atoms with Gasteiger partial charge in [0.25, 0.3) is 11.5 Å². The number of carbonyl (C=O) groups excluding carboxylic acids is 1. The molecule has 9 heteroatoms. The Morgan fingerprint density at radius 1 is 1.20 bits per heavy atom. The average molecular weight is 410 g/mol. The maximum Gasteiger partial charge on any atom is 0.256 e. The number of halogens is 2. The second-order valence-corrected chi connectivity index (χ2v) is 7.28. The molecule has 0 spiro atoms. The van der Waals surface area contributed by atoms with Crippen molar-refractivity contribution >= 4 is 27.6 Å². The van der Waals surface area contributed by atoms with Crippen LogP contribution in [-0.2, 0) is 11.3 Å². The second kappa shape index (κ2) is 6.74. The largest absolute Gasteiger partial charge is 0.373 e. The summed E-state index contributed by atoms with van der Waals surface area (Å²) in [5.41, 5.74) is 1.62. The molecule has 5 rings (SSSR count). The van der Waals surface area contributed by atoms with Crippen molar-refractivity contribution in [1.82, 2.24) is 20.1 Å². The van der Waals surface area contributed by atoms with Gasteiger partial charge in [-0.25, -0.2) is 8.78 Å². The van der Waals surface area contributed by atoms with E-state index in [0.29, 0.717) is 16.8 Å². The third kappa shape index (κ3) is 2.78. The fourth-order valence-corrected chi connectivity index (χ4v) is 3.96. The van der Waals surface area contributed by atoms with Crippen LogP contribution in [0.2, 0.25) is 0 Å². The lowest BCUT2D eigenvalue weighted by Gasteiger charge is -2.34. The number of ether oxygens (including phenoxy) is 1. The number of pyridine rings is 1. The van der Waals surface area contributed by atoms with Crippen molar-refractivity contribution in [3.63, 3.8) is 0 Å². The quantitative estimate of drug-likeness (QED) is 0.532. The first-order valence-electron chi connectivity index (χ1n) is 9.26. The molecule has 1 aliphatic rings. The van der Waals surface area contributed by atoms with E-state index in [1.807, 2.05) is 0 Å². The molecule has 0 radical (unpaired) electrons. The summed E-state index contributed by atoms with van der Waals surface area (Å²) in [7, 11) is 1.61. The molecule has 4 aromatic rings. The number of hydrogen-bond acceptors (Lipinski definition) is 4. The fourth-order valence-electron chi connectivity index (χ4n) is 3.96. The van der Waals surface area contributed by atoms with Gasteiger partial charge in [0.2, 0.25) is 0 Å². The average Bonchev–Trinajstić information content (AvgIpc) is 3.21. The summed E-state index contributed by atoms with van der Waals surface area (Å²) in [6.45, 7) is 0.264. The molecule has 30 heavy (non-hydrogen) atoms. The third-order valence-electron chi connectivity index (χ3n) is 5.52. The zero-order chi connectivity index (χ0) is 21.0. The summed E-state index contributed by atoms with van der Waals surface area (Å²) in [5.74, 6) is -2.44. The molecule has 2 aromatic heterocycles. The predicted molar refractivity (Wildman–Crippen MR) is 105 cm³/mol. The number of fused-ring (bicyclic) bond motifs is 4. The Morgan fingerprint density at radius 3 is 2.77 bits per heavy atom. The first kappa shape index (κ1) is 18.4. The number of H-pyrrole nitrogens is 2. The number of nitrogens with zero attached hydrogens (tertiary/aromatic N) is 2. The van der Waals surface area contributed by atoms with E-state index in [4.69, 9.17) is 4.74 Å². The number of aromatic nitrogens is 3. The Bertz CT molecular complexity index is 1380. The minimum atomic E-state index is -1.10. The Hall–Kier alpha value is -3.59. The Balaban J connectivity index is 1.62. The highest BCUT2D eigenvalue weighted by Crippen LogP contribution is 2.34. The van der Waals surface area contributed by atoms with Gasteiger partial charge in [0, 0.05) is 29.3 Å². The number of aromatic amines is 2. The highest BCUT2D eigenvalue weighted by atomic mass is 19.2. The molecule has 0 unspecified atom stereocenters. The molecule has 152 valence electrons. The molecule has 2 N–H and O–H groups in total. The van der Waals surface area contributed by atoms with Gasteiger partial charge in [-0.15, -0.1) is 0 Å². The molecular weight excluding hydrogens is 394 g/mol. The van der Waals surface area contributed by atoms with Crippen molar-refractivity contribution < 1.29 is 18.3 Å². The van der Waals surface area contributed by atoms with Crippen molar-refractivity contribution in [2.24, 2.45) is 0 Å². The predicted octanol–water partition coefficient (Wildman–Crippen LogP) is 3.03. The Morgan fingerprint density at radius 2 is 1.97 bits per heavy atom. The highest BCUT2D eigenvalue weighted by Gasteiger charge is 2.31. The lowest BCUT2D eigenvalue weighted by Crippen LogP contribution is -2.37. The van der Waals surface area contributed by atoms with E-state index in [1.165, 1.54) is 4.90 Å². The summed E-state index contributed by atoms with van der Waals surface area (Å²) < 4.78 is 33.3. The van der Waals surface area contributed by atoms with Gasteiger partial charge in [0.15, 0.2) is 11.6 Å². The van der Waals surface area contributed by atoms with Crippen molar-refractivity contribution in [2.75, 3.05) is 13.7 Å². The van der Waals surface area contributed by atoms with Crippen LogP contribution in [0.25, 0.3) is 21.7 Å². The Labute approximate surface area is 168 Å². The molecule has 0 saturated carbocycles. The maximum absolute atomic E-state index is 14.0. The minimum absolute atomic E-state index is 0.0271. The van der Waals surface area contributed by atoms with Gasteiger partial charge < -0.3 is 14.6 Å². The fraction of sp³-hybridized carbons (Fsp3) is 0.190. The van der Waals surface area contributed by atoms with E-state index < -0.39 is 23.2 Å². The summed E-state index contributed by atoms with van der Waals surface area (Å²) in [5, 5.41) is 7.95. The van der Waals surface area contributed by atoms with E-state index in [-0.39, 0.29) is 29.9 Å². The highest BCUT2D eigenvalue weighted by molar-refractivity contribution is 5.98. The molecule has 0 saturated heterocycles. The van der Waals surface area contributed by atoms with Crippen LogP contribution in [0.15, 0.2) is 41.3 Å². The van der Waals surface area contributed by atoms with Gasteiger partial charge in [-0.3, -0.25) is 14.7 Å². The van der Waals surface area contributed by atoms with Gasteiger partial charge in [-0.2, -0.15) is 5.10 Å². The molecule has 0 bridgehead atoms. The number of amides is 1. The van der Waals surface area contributed by atoms with E-state index in [9.17, 15) is 18.4 Å². The van der Waals surface area contributed by atoms with Crippen molar-refractivity contribution in [1.29, 1.82) is 0 Å². The third-order valence-corrected chi connectivity index (χ3v) is 5.52. The van der Waals surface area contributed by atoms with Gasteiger partial charge >= 0.3 is 0 Å². The van der Waals surface area contributed by atoms with Crippen molar-refractivity contribution in [3.05, 3.63) is 75.3 Å². The van der Waals surface area contributed by atoms with Crippen LogP contribution in [0.1, 0.15) is 27.7 Å². The van der Waals surface area contributed by atoms with Crippen LogP contribution < -0.4 is 5.56 Å². The van der Waals surface area contributed by atoms with Gasteiger partial charge in [-0.1, -0.05) is 6.07 Å². The van der Waals surface area contributed by atoms with Crippen LogP contribution >= 0.6 is 0 Å². The standard InChI is InChI=1S/C21H16F2N4O3/c1-27(21(29)10-2-3-11-7-24-26-16(11)4-10)18-9-30-8-17-19(18)12-5-14(22)15(23)6-13(12)20(28)25-17/h2-7,18H,8-9H2,1H3,(H,24,26)(H,25,28)/t18-/m0/s1. The van der Waals surface area contributed by atoms with Gasteiger partial charge in [0.05, 0.1) is 36.4 Å². The number of carbonyl (C=O) groups is 1. The lowest BCUT2D eigenvalue weighted by atomic mass is 9.95. The Kier molecular flexibility index (Phi) is 4.14. The van der Waals surface area contributed by atoms with Gasteiger partial charge in [0.1, 0.15) is 0 Å². The molecule has 1 atom stereocenters. The SMILES string of the molecule is CN(C(=O)c1ccc2cn[nH]c2c1)[C@H]1COCc2[nH]c(=O)c3cc(F)c(F)cc3c21. The van der Waals surface area contributed by atoms with E-state index in [0.717, 1.165) is 23.0 Å². The van der Waals surface area contributed by atoms with Crippen LogP contribution in [0, 0.1) is 11.6 Å². The molecule has 1 amide bonds. The molecule has 0 aliphatic carbocycles. The zero-order valence-corrected chi connectivity index (χ0v) is 15.8. The summed E-state index contributed by atoms with van der Waals surface area (Å²) in [6.07, 6.45) is 1.66. The molecule has 2 aromatic carbocycles. The lowest BCUT2D eigenvalue weighted by molar-refractivity contribution is 0.0336. The molecule has 3 heterocycles. The van der Waals surface area contributed by atoms with Crippen molar-refractivity contribution in [2.45, 2.75) is 12.6 Å². The smallest absolute Gasteiger partial charge is 0.256 e. The van der Waals surface area contributed by atoms with Crippen molar-refractivity contribution in [3.8, 4) is 0 Å². The van der Waals surface area contributed by atoms with Gasteiger partial charge in [-0.05, 0) is 29.7 Å². The second-order valence-electron chi connectivity index (χ2n) is 7.28. The monoisotopic (exact) mass is 410 g/mol. The molecular formula is C21H16F2N4O3. The number of rotatable bonds is 2. The number of nitrogens with one attached hydrogen (secondary N) is 2. The zero-order valence-electron chi connectivity index (χ0n) is 15.8. The van der Waals surface area contributed by atoms with Crippen LogP contribution in [0.5, 0.6) is 0 Å². The first-order valence-corrected chi connectivity index (χ1v) is 9.26. The van der Waals surface area contributed by atoms with Crippen LogP contribution in [0.3, 0.4) is 0 Å².